The highest BCUT2D eigenvalue weighted by Gasteiger charge is 2.03. The van der Waals surface area contributed by atoms with Crippen molar-refractivity contribution in [2.75, 3.05) is 0 Å². The van der Waals surface area contributed by atoms with E-state index in [0.717, 1.165) is 0 Å². The van der Waals surface area contributed by atoms with Crippen molar-refractivity contribution in [2.45, 2.75) is 13.0 Å². The van der Waals surface area contributed by atoms with Gasteiger partial charge in [0.15, 0.2) is 0 Å². The van der Waals surface area contributed by atoms with E-state index in [1.54, 1.807) is 0 Å². The molecule has 0 aliphatic rings. The quantitative estimate of drug-likeness (QED) is 0.377. The van der Waals surface area contributed by atoms with Gasteiger partial charge in [-0.25, -0.2) is 4.79 Å². The van der Waals surface area contributed by atoms with Crippen LogP contribution in [-0.2, 0) is 9.59 Å². The number of rotatable bonds is 2. The van der Waals surface area contributed by atoms with Crippen molar-refractivity contribution in [3.63, 3.8) is 0 Å². The van der Waals surface area contributed by atoms with E-state index in [1.807, 2.05) is 0 Å². The third-order valence-corrected chi connectivity index (χ3v) is 0.658. The lowest BCUT2D eigenvalue weighted by Crippen LogP contribution is -2.23. The first-order valence-electron chi connectivity index (χ1n) is 2.04. The monoisotopic (exact) mass is 114 g/mol. The Hall–Kier alpha value is -1.15. The number of nitrogens with two attached hydrogens (primary N) is 1. The average Bonchev–Trinajstić information content (AvgIpc) is 1.67. The van der Waals surface area contributed by atoms with Gasteiger partial charge < -0.3 is 5.73 Å². The van der Waals surface area contributed by atoms with Gasteiger partial charge in [0, 0.05) is 0 Å². The van der Waals surface area contributed by atoms with Crippen LogP contribution in [0.5, 0.6) is 0 Å². The molecule has 0 spiro atoms. The van der Waals surface area contributed by atoms with Crippen LogP contribution in [0.15, 0.2) is 4.99 Å². The summed E-state index contributed by atoms with van der Waals surface area (Å²) >= 11 is 0. The number of carbonyl (C=O) groups is 1. The third-order valence-electron chi connectivity index (χ3n) is 0.658. The van der Waals surface area contributed by atoms with Gasteiger partial charge in [0.25, 0.3) is 0 Å². The highest BCUT2D eigenvalue weighted by molar-refractivity contribution is 5.80. The van der Waals surface area contributed by atoms with Crippen molar-refractivity contribution in [2.24, 2.45) is 10.7 Å². The number of carbonyl (C=O) groups excluding carboxylic acids is 2. The van der Waals surface area contributed by atoms with Crippen LogP contribution >= 0.6 is 0 Å². The Morgan fingerprint density at radius 1 is 1.88 bits per heavy atom. The van der Waals surface area contributed by atoms with Gasteiger partial charge in [0.2, 0.25) is 12.0 Å². The number of amides is 1. The molecule has 0 aliphatic carbocycles. The molecular formula is C4H6N2O2. The van der Waals surface area contributed by atoms with E-state index in [4.69, 9.17) is 5.73 Å². The molecule has 1 unspecified atom stereocenters. The third kappa shape index (κ3) is 2.10. The van der Waals surface area contributed by atoms with E-state index in [1.165, 1.54) is 13.0 Å². The maximum Gasteiger partial charge on any atom is 0.242 e. The Balaban J connectivity index is 3.82. The van der Waals surface area contributed by atoms with Crippen LogP contribution < -0.4 is 5.73 Å². The molecule has 0 fully saturated rings. The summed E-state index contributed by atoms with van der Waals surface area (Å²) in [6.07, 6.45) is 1.22. The molecule has 44 valence electrons. The first kappa shape index (κ1) is 6.85. The normalized spacial score (nSPS) is 11.6. The second-order valence-electron chi connectivity index (χ2n) is 1.30. The zero-order chi connectivity index (χ0) is 6.57. The second kappa shape index (κ2) is 2.93. The summed E-state index contributed by atoms with van der Waals surface area (Å²) in [4.78, 5) is 22.5. The van der Waals surface area contributed by atoms with Crippen LogP contribution in [0.25, 0.3) is 0 Å². The molecule has 1 amide bonds. The topological polar surface area (TPSA) is 72.5 Å². The molecule has 0 aromatic rings. The Kier molecular flexibility index (Phi) is 2.51. The minimum atomic E-state index is -0.743. The van der Waals surface area contributed by atoms with Crippen LogP contribution in [0.1, 0.15) is 6.92 Å². The van der Waals surface area contributed by atoms with E-state index < -0.39 is 11.9 Å². The summed E-state index contributed by atoms with van der Waals surface area (Å²) in [5.41, 5.74) is 4.71. The molecule has 1 atom stereocenters. The van der Waals surface area contributed by atoms with E-state index in [9.17, 15) is 9.59 Å². The van der Waals surface area contributed by atoms with Crippen molar-refractivity contribution in [3.8, 4) is 0 Å². The first-order valence-corrected chi connectivity index (χ1v) is 2.04. The summed E-state index contributed by atoms with van der Waals surface area (Å²) in [6.45, 7) is 1.42. The number of nitrogens with zero attached hydrogens (tertiary/aromatic N) is 1. The zero-order valence-electron chi connectivity index (χ0n) is 4.42. The van der Waals surface area contributed by atoms with Crippen molar-refractivity contribution >= 4 is 12.0 Å². The average molecular weight is 114 g/mol. The van der Waals surface area contributed by atoms with Gasteiger partial charge in [-0.2, -0.15) is 4.99 Å². The van der Waals surface area contributed by atoms with Crippen molar-refractivity contribution < 1.29 is 9.59 Å². The summed E-state index contributed by atoms with van der Waals surface area (Å²) in [7, 11) is 0. The number of hydrogen-bond donors (Lipinski definition) is 1. The Morgan fingerprint density at radius 3 is 2.50 bits per heavy atom. The van der Waals surface area contributed by atoms with Gasteiger partial charge in [-0.15, -0.1) is 0 Å². The van der Waals surface area contributed by atoms with Crippen molar-refractivity contribution in [1.82, 2.24) is 0 Å². The predicted molar refractivity (Wildman–Crippen MR) is 26.8 cm³/mol. The van der Waals surface area contributed by atoms with Gasteiger partial charge in [-0.05, 0) is 6.92 Å². The molecule has 0 bridgehead atoms. The van der Waals surface area contributed by atoms with Gasteiger partial charge >= 0.3 is 0 Å². The van der Waals surface area contributed by atoms with E-state index in [0.29, 0.717) is 0 Å². The number of hydrogen-bond acceptors (Lipinski definition) is 3. The van der Waals surface area contributed by atoms with Crippen LogP contribution in [-0.4, -0.2) is 18.0 Å². The van der Waals surface area contributed by atoms with Crippen LogP contribution in [0, 0.1) is 0 Å². The number of primary amides is 1. The molecule has 0 rings (SSSR count). The van der Waals surface area contributed by atoms with Gasteiger partial charge in [0.1, 0.15) is 6.04 Å². The predicted octanol–water partition coefficient (Wildman–Crippen LogP) is -0.804. The molecule has 0 aromatic heterocycles. The summed E-state index contributed by atoms with van der Waals surface area (Å²) in [5, 5.41) is 0. The van der Waals surface area contributed by atoms with Crippen molar-refractivity contribution in [1.29, 1.82) is 0 Å². The molecular weight excluding hydrogens is 108 g/mol. The highest BCUT2D eigenvalue weighted by atomic mass is 16.1. The minimum Gasteiger partial charge on any atom is -0.368 e. The molecule has 4 nitrogen and oxygen atoms in total. The molecule has 8 heavy (non-hydrogen) atoms. The lowest BCUT2D eigenvalue weighted by atomic mass is 10.3. The molecule has 0 saturated heterocycles. The van der Waals surface area contributed by atoms with Crippen LogP contribution in [0.4, 0.5) is 0 Å². The van der Waals surface area contributed by atoms with Crippen LogP contribution in [0.2, 0.25) is 0 Å². The second-order valence-corrected chi connectivity index (χ2v) is 1.30. The summed E-state index contributed by atoms with van der Waals surface area (Å²) < 4.78 is 0. The van der Waals surface area contributed by atoms with Crippen LogP contribution in [0.3, 0.4) is 0 Å². The van der Waals surface area contributed by atoms with Crippen molar-refractivity contribution in [3.05, 3.63) is 0 Å². The SMILES string of the molecule is CC(N=C=O)C(N)=O. The summed E-state index contributed by atoms with van der Waals surface area (Å²) in [5.74, 6) is -0.617. The lowest BCUT2D eigenvalue weighted by Gasteiger charge is -1.91. The maximum atomic E-state index is 10.0. The standard InChI is InChI=1S/C4H6N2O2/c1-3(4(5)8)6-2-7/h3H,1H3,(H2,5,8). The number of aliphatic imine (C=N–C) groups is 1. The number of isocyanates is 1. The maximum absolute atomic E-state index is 10.0. The zero-order valence-corrected chi connectivity index (χ0v) is 4.42. The minimum absolute atomic E-state index is 0.617. The van der Waals surface area contributed by atoms with Gasteiger partial charge in [-0.3, -0.25) is 4.79 Å². The Bertz CT molecular complexity index is 135. The van der Waals surface area contributed by atoms with E-state index >= 15 is 0 Å². The van der Waals surface area contributed by atoms with E-state index in [2.05, 4.69) is 4.99 Å². The first-order chi connectivity index (χ1) is 3.68. The highest BCUT2D eigenvalue weighted by Crippen LogP contribution is 1.81. The molecule has 0 radical (unpaired) electrons. The fourth-order valence-corrected chi connectivity index (χ4v) is 0.143. The molecule has 0 saturated carbocycles. The van der Waals surface area contributed by atoms with E-state index in [-0.39, 0.29) is 0 Å². The summed E-state index contributed by atoms with van der Waals surface area (Å²) in [6, 6.07) is -0.743. The van der Waals surface area contributed by atoms with Gasteiger partial charge in [-0.1, -0.05) is 0 Å². The molecule has 4 heteroatoms. The largest absolute Gasteiger partial charge is 0.368 e. The lowest BCUT2D eigenvalue weighted by molar-refractivity contribution is -0.118. The molecule has 0 aromatic carbocycles. The Labute approximate surface area is 46.4 Å². The molecule has 2 N–H and O–H groups in total. The smallest absolute Gasteiger partial charge is 0.242 e. The fourth-order valence-electron chi connectivity index (χ4n) is 0.143. The molecule has 0 heterocycles. The molecule has 0 aliphatic heterocycles. The Morgan fingerprint density at radius 2 is 2.38 bits per heavy atom. The van der Waals surface area contributed by atoms with Gasteiger partial charge in [0.05, 0.1) is 0 Å². The fraction of sp³-hybridized carbons (Fsp3) is 0.500.